The minimum atomic E-state index is -0.342. The number of rotatable bonds is 36. The highest BCUT2D eigenvalue weighted by Gasteiger charge is 2.24. The smallest absolute Gasteiger partial charge is 0.309 e. The van der Waals surface area contributed by atoms with E-state index in [1.165, 1.54) is 45.6 Å². The lowest BCUT2D eigenvalue weighted by atomic mass is 9.91. The molecular weight excluding hydrogens is 592 g/mol. The van der Waals surface area contributed by atoms with Crippen LogP contribution in [0.5, 0.6) is 0 Å². The first-order valence-corrected chi connectivity index (χ1v) is 19.8. The molecule has 0 radical (unpaired) electrons. The van der Waals surface area contributed by atoms with Crippen LogP contribution < -0.4 is 5.73 Å². The van der Waals surface area contributed by atoms with Gasteiger partial charge in [-0.3, -0.25) is 9.59 Å². The number of methoxy groups -OCH3 is 1. The Kier molecular flexibility index (Phi) is 33.7. The van der Waals surface area contributed by atoms with Crippen LogP contribution in [-0.2, 0) is 28.5 Å². The lowest BCUT2D eigenvalue weighted by Crippen LogP contribution is -2.32. The fourth-order valence-corrected chi connectivity index (χ4v) is 5.75. The molecule has 0 amide bonds. The quantitative estimate of drug-likeness (QED) is 0.0521. The van der Waals surface area contributed by atoms with Gasteiger partial charge >= 0.3 is 11.9 Å². The third-order valence-corrected chi connectivity index (χ3v) is 9.25. The minimum Gasteiger partial charge on any atom is -0.469 e. The maximum atomic E-state index is 13.5. The van der Waals surface area contributed by atoms with Crippen molar-refractivity contribution in [1.82, 2.24) is 4.90 Å². The van der Waals surface area contributed by atoms with Crippen molar-refractivity contribution in [3.63, 3.8) is 0 Å². The molecule has 0 saturated heterocycles. The molecule has 0 saturated carbocycles. The first-order valence-electron chi connectivity index (χ1n) is 19.8. The van der Waals surface area contributed by atoms with Crippen molar-refractivity contribution in [2.45, 2.75) is 169 Å². The average Bonchev–Trinajstić information content (AvgIpc) is 3.08. The molecule has 2 unspecified atom stereocenters. The van der Waals surface area contributed by atoms with E-state index >= 15 is 0 Å². The summed E-state index contributed by atoms with van der Waals surface area (Å²) in [5, 5.41) is 0. The van der Waals surface area contributed by atoms with Gasteiger partial charge in [-0.15, -0.1) is 0 Å². The van der Waals surface area contributed by atoms with Gasteiger partial charge in [0, 0.05) is 19.6 Å². The second kappa shape index (κ2) is 34.6. The van der Waals surface area contributed by atoms with Crippen LogP contribution >= 0.6 is 0 Å². The number of hydrogen-bond acceptors (Lipinski definition) is 8. The number of nitrogens with two attached hydrogens (primary N) is 1. The van der Waals surface area contributed by atoms with E-state index in [4.69, 9.17) is 24.7 Å². The van der Waals surface area contributed by atoms with Crippen LogP contribution in [0.2, 0.25) is 0 Å². The van der Waals surface area contributed by atoms with Crippen LogP contribution in [0.3, 0.4) is 0 Å². The van der Waals surface area contributed by atoms with E-state index in [2.05, 4.69) is 32.6 Å². The topological polar surface area (TPSA) is 100 Å². The summed E-state index contributed by atoms with van der Waals surface area (Å²) in [7, 11) is 1.45. The van der Waals surface area contributed by atoms with Gasteiger partial charge < -0.3 is 29.6 Å². The molecule has 0 aliphatic heterocycles. The predicted octanol–water partition coefficient (Wildman–Crippen LogP) is 8.87. The molecule has 0 aliphatic rings. The number of carbonyl (C=O) groups is 2. The molecule has 280 valence electrons. The Morgan fingerprint density at radius 3 is 1.77 bits per heavy atom. The van der Waals surface area contributed by atoms with Gasteiger partial charge in [0.1, 0.15) is 6.10 Å². The molecule has 0 rings (SSSR count). The molecule has 0 fully saturated rings. The van der Waals surface area contributed by atoms with E-state index in [1.54, 1.807) is 0 Å². The zero-order chi connectivity index (χ0) is 34.8. The van der Waals surface area contributed by atoms with E-state index in [0.717, 1.165) is 110 Å². The van der Waals surface area contributed by atoms with E-state index in [9.17, 15) is 9.59 Å². The van der Waals surface area contributed by atoms with E-state index in [1.807, 2.05) is 0 Å². The van der Waals surface area contributed by atoms with Crippen molar-refractivity contribution in [3.8, 4) is 0 Å². The van der Waals surface area contributed by atoms with Crippen LogP contribution in [-0.4, -0.2) is 82.7 Å². The highest BCUT2D eigenvalue weighted by molar-refractivity contribution is 5.72. The van der Waals surface area contributed by atoms with E-state index in [-0.39, 0.29) is 24.0 Å². The second-order valence-corrected chi connectivity index (χ2v) is 13.7. The molecule has 47 heavy (non-hydrogen) atoms. The monoisotopic (exact) mass is 671 g/mol. The molecule has 0 aromatic heterocycles. The minimum absolute atomic E-state index is 0.0633. The van der Waals surface area contributed by atoms with Crippen LogP contribution in [0.15, 0.2) is 0 Å². The molecular formula is C39H78N2O6. The molecule has 8 nitrogen and oxygen atoms in total. The van der Waals surface area contributed by atoms with Crippen molar-refractivity contribution in [3.05, 3.63) is 0 Å². The number of nitrogens with zero attached hydrogens (tertiary/aromatic N) is 1. The first kappa shape index (κ1) is 45.8. The Morgan fingerprint density at radius 1 is 0.660 bits per heavy atom. The van der Waals surface area contributed by atoms with Crippen molar-refractivity contribution in [1.29, 1.82) is 0 Å². The number of ether oxygens (including phenoxy) is 4. The van der Waals surface area contributed by atoms with Crippen molar-refractivity contribution >= 4 is 11.9 Å². The third kappa shape index (κ3) is 29.4. The van der Waals surface area contributed by atoms with Crippen LogP contribution in [0, 0.1) is 11.8 Å². The SMILES string of the molecule is CCCCCCOCC(COCCCCCC)OC(=O)C(CCCCCCN(CCCN)CCCCCC(=O)OC)CCC(C)CC. The van der Waals surface area contributed by atoms with Crippen LogP contribution in [0.4, 0.5) is 0 Å². The summed E-state index contributed by atoms with van der Waals surface area (Å²) in [6.45, 7) is 15.0. The summed E-state index contributed by atoms with van der Waals surface area (Å²) in [5.41, 5.74) is 5.79. The summed E-state index contributed by atoms with van der Waals surface area (Å²) >= 11 is 0. The zero-order valence-corrected chi connectivity index (χ0v) is 31.7. The number of unbranched alkanes of at least 4 members (excludes halogenated alkanes) is 11. The molecule has 0 spiro atoms. The standard InChI is InChI=1S/C39H78N2O6/c1-6-9-11-20-31-45-33-37(34-46-32-21-12-10-7-2)47-39(43)36(26-25-35(4)8-3)23-16-13-14-18-28-41(30-22-27-40)29-19-15-17-24-38(42)44-5/h35-37H,6-34,40H2,1-5H3. The first-order chi connectivity index (χ1) is 22.9. The highest BCUT2D eigenvalue weighted by atomic mass is 16.6. The molecule has 0 bridgehead atoms. The van der Waals surface area contributed by atoms with Gasteiger partial charge in [-0.05, 0) is 89.9 Å². The Bertz CT molecular complexity index is 678. The van der Waals surface area contributed by atoms with Crippen molar-refractivity contribution in [2.75, 3.05) is 59.7 Å². The maximum absolute atomic E-state index is 13.5. The zero-order valence-electron chi connectivity index (χ0n) is 31.7. The lowest BCUT2D eigenvalue weighted by molar-refractivity contribution is -0.162. The summed E-state index contributed by atoms with van der Waals surface area (Å²) in [6.07, 6.45) is 22.0. The molecule has 0 aromatic carbocycles. The second-order valence-electron chi connectivity index (χ2n) is 13.7. The van der Waals surface area contributed by atoms with Crippen LogP contribution in [0.1, 0.15) is 163 Å². The summed E-state index contributed by atoms with van der Waals surface area (Å²) in [4.78, 5) is 27.4. The molecule has 2 N–H and O–H groups in total. The largest absolute Gasteiger partial charge is 0.469 e. The molecule has 0 heterocycles. The number of esters is 2. The van der Waals surface area contributed by atoms with Gasteiger partial charge in [0.15, 0.2) is 0 Å². The average molecular weight is 671 g/mol. The van der Waals surface area contributed by atoms with Crippen LogP contribution in [0.25, 0.3) is 0 Å². The van der Waals surface area contributed by atoms with Gasteiger partial charge in [-0.25, -0.2) is 0 Å². The number of hydrogen-bond donors (Lipinski definition) is 1. The lowest BCUT2D eigenvalue weighted by Gasteiger charge is -2.23. The van der Waals surface area contributed by atoms with Gasteiger partial charge in [0.25, 0.3) is 0 Å². The normalized spacial score (nSPS) is 12.9. The van der Waals surface area contributed by atoms with Gasteiger partial charge in [-0.1, -0.05) is 98.3 Å². The van der Waals surface area contributed by atoms with E-state index < -0.39 is 0 Å². The van der Waals surface area contributed by atoms with Gasteiger partial charge in [-0.2, -0.15) is 0 Å². The summed E-state index contributed by atoms with van der Waals surface area (Å²) < 4.78 is 22.8. The van der Waals surface area contributed by atoms with Crippen molar-refractivity contribution in [2.24, 2.45) is 17.6 Å². The Labute approximate surface area is 290 Å². The molecule has 2 atom stereocenters. The molecule has 0 aliphatic carbocycles. The van der Waals surface area contributed by atoms with Gasteiger partial charge in [0.2, 0.25) is 0 Å². The Balaban J connectivity index is 4.83. The predicted molar refractivity (Wildman–Crippen MR) is 196 cm³/mol. The van der Waals surface area contributed by atoms with Crippen molar-refractivity contribution < 1.29 is 28.5 Å². The summed E-state index contributed by atoms with van der Waals surface area (Å²) in [5.74, 6) is 0.359. The Hall–Kier alpha value is -1.22. The number of carbonyl (C=O) groups excluding carboxylic acids is 2. The fourth-order valence-electron chi connectivity index (χ4n) is 5.75. The summed E-state index contributed by atoms with van der Waals surface area (Å²) in [6, 6.07) is 0. The van der Waals surface area contributed by atoms with E-state index in [0.29, 0.717) is 45.3 Å². The van der Waals surface area contributed by atoms with Gasteiger partial charge in [0.05, 0.1) is 26.2 Å². The third-order valence-electron chi connectivity index (χ3n) is 9.25. The molecule has 0 aromatic rings. The molecule has 8 heteroatoms. The maximum Gasteiger partial charge on any atom is 0.309 e. The fraction of sp³-hybridized carbons (Fsp3) is 0.949. The Morgan fingerprint density at radius 2 is 1.21 bits per heavy atom. The highest BCUT2D eigenvalue weighted by Crippen LogP contribution is 2.23.